The van der Waals surface area contributed by atoms with Gasteiger partial charge in [0.05, 0.1) is 30.8 Å². The molecule has 1 fully saturated rings. The van der Waals surface area contributed by atoms with Crippen molar-refractivity contribution in [1.82, 2.24) is 19.8 Å². The Labute approximate surface area is 201 Å². The number of anilines is 1. The van der Waals surface area contributed by atoms with Crippen LogP contribution in [-0.2, 0) is 24.9 Å². The average Bonchev–Trinajstić information content (AvgIpc) is 3.02. The minimum Gasteiger partial charge on any atom is -0.375 e. The molecule has 0 amide bonds. The standard InChI is InChI=1S/C21H31ClN6O.HI/c1-5-23-21(27(4)15-19-10-18(22)14-26(19)3)25-12-17-6-7-20(24-11-17)28-8-9-29-16(2)13-28;/h6-7,10-11,14,16H,5,8-9,12-13,15H2,1-4H3,(H,23,25);1H. The second kappa shape index (κ2) is 11.8. The fourth-order valence-electron chi connectivity index (χ4n) is 3.40. The lowest BCUT2D eigenvalue weighted by molar-refractivity contribution is 0.0529. The molecule has 9 heteroatoms. The zero-order valence-electron chi connectivity index (χ0n) is 18.1. The SMILES string of the molecule is CCNC(=NCc1ccc(N2CCOC(C)C2)nc1)N(C)Cc1cc(Cl)cn1C.I. The number of nitrogens with zero attached hydrogens (tertiary/aromatic N) is 5. The molecule has 1 N–H and O–H groups in total. The van der Waals surface area contributed by atoms with E-state index in [4.69, 9.17) is 21.3 Å². The number of aliphatic imine (C=N–C) groups is 1. The number of morpholine rings is 1. The molecular formula is C21H32ClIN6O. The Balaban J connectivity index is 0.00000320. The van der Waals surface area contributed by atoms with Crippen LogP contribution in [0.5, 0.6) is 0 Å². The summed E-state index contributed by atoms with van der Waals surface area (Å²) in [5.41, 5.74) is 2.22. The van der Waals surface area contributed by atoms with Gasteiger partial charge in [-0.15, -0.1) is 24.0 Å². The molecule has 0 saturated carbocycles. The first-order valence-corrected chi connectivity index (χ1v) is 10.5. The Kier molecular flexibility index (Phi) is 9.70. The summed E-state index contributed by atoms with van der Waals surface area (Å²) in [6.45, 7) is 8.79. The number of nitrogens with one attached hydrogen (secondary N) is 1. The highest BCUT2D eigenvalue weighted by Gasteiger charge is 2.17. The van der Waals surface area contributed by atoms with Crippen molar-refractivity contribution in [3.05, 3.63) is 46.9 Å². The number of hydrogen-bond acceptors (Lipinski definition) is 4. The van der Waals surface area contributed by atoms with Crippen LogP contribution in [0.2, 0.25) is 5.02 Å². The van der Waals surface area contributed by atoms with Crippen molar-refractivity contribution in [2.75, 3.05) is 38.2 Å². The first kappa shape index (κ1) is 24.7. The second-order valence-electron chi connectivity index (χ2n) is 7.44. The van der Waals surface area contributed by atoms with Gasteiger partial charge in [-0.25, -0.2) is 9.98 Å². The lowest BCUT2D eigenvalue weighted by atomic mass is 10.2. The van der Waals surface area contributed by atoms with Crippen LogP contribution in [0, 0.1) is 0 Å². The molecule has 2 aromatic heterocycles. The Morgan fingerprint density at radius 1 is 1.43 bits per heavy atom. The molecule has 30 heavy (non-hydrogen) atoms. The maximum atomic E-state index is 6.11. The minimum absolute atomic E-state index is 0. The lowest BCUT2D eigenvalue weighted by Crippen LogP contribution is -2.41. The molecule has 0 spiro atoms. The molecular weight excluding hydrogens is 515 g/mol. The van der Waals surface area contributed by atoms with Crippen LogP contribution < -0.4 is 10.2 Å². The lowest BCUT2D eigenvalue weighted by Gasteiger charge is -2.32. The van der Waals surface area contributed by atoms with Crippen molar-refractivity contribution >= 4 is 47.4 Å². The summed E-state index contributed by atoms with van der Waals surface area (Å²) in [6, 6.07) is 6.16. The van der Waals surface area contributed by atoms with Crippen molar-refractivity contribution in [2.24, 2.45) is 12.0 Å². The molecule has 0 radical (unpaired) electrons. The van der Waals surface area contributed by atoms with Gasteiger partial charge in [0.25, 0.3) is 0 Å². The fraction of sp³-hybridized carbons (Fsp3) is 0.524. The number of ether oxygens (including phenoxy) is 1. The van der Waals surface area contributed by atoms with E-state index in [0.717, 1.165) is 60.8 Å². The number of aryl methyl sites for hydroxylation is 1. The van der Waals surface area contributed by atoms with Crippen LogP contribution in [0.4, 0.5) is 5.82 Å². The molecule has 3 rings (SSSR count). The molecule has 166 valence electrons. The van der Waals surface area contributed by atoms with Crippen LogP contribution in [0.3, 0.4) is 0 Å². The number of pyridine rings is 1. The highest BCUT2D eigenvalue weighted by Crippen LogP contribution is 2.16. The molecule has 0 aromatic carbocycles. The summed E-state index contributed by atoms with van der Waals surface area (Å²) in [5, 5.41) is 4.11. The van der Waals surface area contributed by atoms with Crippen LogP contribution >= 0.6 is 35.6 Å². The van der Waals surface area contributed by atoms with E-state index in [0.29, 0.717) is 6.54 Å². The van der Waals surface area contributed by atoms with Gasteiger partial charge in [-0.05, 0) is 31.5 Å². The van der Waals surface area contributed by atoms with Gasteiger partial charge < -0.3 is 24.4 Å². The summed E-state index contributed by atoms with van der Waals surface area (Å²) in [7, 11) is 4.03. The molecule has 2 aromatic rings. The zero-order valence-corrected chi connectivity index (χ0v) is 21.2. The van der Waals surface area contributed by atoms with Crippen LogP contribution in [0.1, 0.15) is 25.1 Å². The maximum absolute atomic E-state index is 6.11. The third kappa shape index (κ3) is 6.75. The zero-order chi connectivity index (χ0) is 20.8. The third-order valence-corrected chi connectivity index (χ3v) is 5.16. The van der Waals surface area contributed by atoms with Gasteiger partial charge >= 0.3 is 0 Å². The van der Waals surface area contributed by atoms with Crippen molar-refractivity contribution in [3.8, 4) is 0 Å². The number of halogens is 2. The van der Waals surface area contributed by atoms with E-state index in [1.807, 2.05) is 37.1 Å². The number of aromatic nitrogens is 2. The molecule has 7 nitrogen and oxygen atoms in total. The average molecular weight is 547 g/mol. The van der Waals surface area contributed by atoms with Crippen molar-refractivity contribution in [2.45, 2.75) is 33.0 Å². The Morgan fingerprint density at radius 2 is 2.23 bits per heavy atom. The highest BCUT2D eigenvalue weighted by atomic mass is 127. The van der Waals surface area contributed by atoms with E-state index >= 15 is 0 Å². The summed E-state index contributed by atoms with van der Waals surface area (Å²) in [6.07, 6.45) is 4.07. The number of rotatable bonds is 6. The first-order valence-electron chi connectivity index (χ1n) is 10.1. The highest BCUT2D eigenvalue weighted by molar-refractivity contribution is 14.0. The first-order chi connectivity index (χ1) is 14.0. The monoisotopic (exact) mass is 546 g/mol. The number of guanidine groups is 1. The van der Waals surface area contributed by atoms with Gasteiger partial charge in [-0.3, -0.25) is 0 Å². The van der Waals surface area contributed by atoms with E-state index in [1.54, 1.807) is 0 Å². The van der Waals surface area contributed by atoms with Gasteiger partial charge in [0.2, 0.25) is 0 Å². The van der Waals surface area contributed by atoms with E-state index < -0.39 is 0 Å². The van der Waals surface area contributed by atoms with Crippen LogP contribution in [0.25, 0.3) is 0 Å². The van der Waals surface area contributed by atoms with E-state index in [2.05, 4.69) is 46.1 Å². The van der Waals surface area contributed by atoms with Crippen LogP contribution in [-0.4, -0.2) is 59.8 Å². The topological polar surface area (TPSA) is 57.9 Å². The van der Waals surface area contributed by atoms with Gasteiger partial charge in [-0.1, -0.05) is 17.7 Å². The number of hydrogen-bond donors (Lipinski definition) is 1. The van der Waals surface area contributed by atoms with Crippen molar-refractivity contribution in [1.29, 1.82) is 0 Å². The van der Waals surface area contributed by atoms with Gasteiger partial charge in [0.15, 0.2) is 5.96 Å². The molecule has 0 bridgehead atoms. The van der Waals surface area contributed by atoms with Gasteiger partial charge in [0, 0.05) is 51.8 Å². The van der Waals surface area contributed by atoms with Gasteiger partial charge in [0.1, 0.15) is 5.82 Å². The third-order valence-electron chi connectivity index (χ3n) is 4.96. The normalized spacial score (nSPS) is 16.9. The van der Waals surface area contributed by atoms with Crippen LogP contribution in [0.15, 0.2) is 35.6 Å². The Bertz CT molecular complexity index is 825. The summed E-state index contributed by atoms with van der Waals surface area (Å²) in [4.78, 5) is 13.8. The summed E-state index contributed by atoms with van der Waals surface area (Å²) >= 11 is 6.11. The minimum atomic E-state index is 0. The van der Waals surface area contributed by atoms with Crippen molar-refractivity contribution < 1.29 is 4.74 Å². The molecule has 1 atom stereocenters. The van der Waals surface area contributed by atoms with Gasteiger partial charge in [-0.2, -0.15) is 0 Å². The molecule has 1 aliphatic rings. The Hall–Kier alpha value is -1.52. The second-order valence-corrected chi connectivity index (χ2v) is 7.88. The molecule has 3 heterocycles. The smallest absolute Gasteiger partial charge is 0.194 e. The quantitative estimate of drug-likeness (QED) is 0.341. The van der Waals surface area contributed by atoms with Crippen molar-refractivity contribution in [3.63, 3.8) is 0 Å². The molecule has 1 saturated heterocycles. The fourth-order valence-corrected chi connectivity index (χ4v) is 3.67. The summed E-state index contributed by atoms with van der Waals surface area (Å²) in [5.74, 6) is 1.85. The molecule has 0 aliphatic carbocycles. The molecule has 1 aliphatic heterocycles. The maximum Gasteiger partial charge on any atom is 0.194 e. The van der Waals surface area contributed by atoms with E-state index in [-0.39, 0.29) is 30.1 Å². The predicted molar refractivity (Wildman–Crippen MR) is 134 cm³/mol. The Morgan fingerprint density at radius 3 is 2.83 bits per heavy atom. The largest absolute Gasteiger partial charge is 0.375 e. The van der Waals surface area contributed by atoms with E-state index in [1.165, 1.54) is 0 Å². The molecule has 1 unspecified atom stereocenters. The van der Waals surface area contributed by atoms with E-state index in [9.17, 15) is 0 Å². The summed E-state index contributed by atoms with van der Waals surface area (Å²) < 4.78 is 7.65. The predicted octanol–water partition coefficient (Wildman–Crippen LogP) is 3.51.